The average molecular weight is 394 g/mol. The maximum atomic E-state index is 13.0. The summed E-state index contributed by atoms with van der Waals surface area (Å²) in [6, 6.07) is 0. The van der Waals surface area contributed by atoms with E-state index in [9.17, 15) is 4.79 Å². The van der Waals surface area contributed by atoms with Crippen LogP contribution in [0.1, 0.15) is 51.2 Å². The molecule has 1 aliphatic rings. The van der Waals surface area contributed by atoms with Gasteiger partial charge >= 0.3 is 0 Å². The van der Waals surface area contributed by atoms with E-state index in [0.717, 1.165) is 57.0 Å². The Morgan fingerprint density at radius 2 is 1.92 bits per heavy atom. The average Bonchev–Trinajstić information content (AvgIpc) is 2.87. The number of aromatic nitrogens is 3. The van der Waals surface area contributed by atoms with E-state index in [4.69, 9.17) is 5.73 Å². The van der Waals surface area contributed by atoms with Gasteiger partial charge in [0.2, 0.25) is 5.91 Å². The summed E-state index contributed by atoms with van der Waals surface area (Å²) >= 11 is 0. The molecule has 2 rings (SSSR count). The van der Waals surface area contributed by atoms with E-state index >= 15 is 0 Å². The molecule has 0 aliphatic carbocycles. The van der Waals surface area contributed by atoms with E-state index in [1.165, 1.54) is 0 Å². The molecule has 1 atom stereocenters. The lowest BCUT2D eigenvalue weighted by molar-refractivity contribution is -0.144. The Kier molecular flexibility index (Phi) is 9.98. The Labute approximate surface area is 163 Å². The minimum Gasteiger partial charge on any atom is -0.342 e. The van der Waals surface area contributed by atoms with Gasteiger partial charge in [-0.05, 0) is 45.4 Å². The van der Waals surface area contributed by atoms with Gasteiger partial charge in [0.25, 0.3) is 0 Å². The Morgan fingerprint density at radius 1 is 1.28 bits per heavy atom. The smallest absolute Gasteiger partial charge is 0.230 e. The minimum absolute atomic E-state index is 0. The molecule has 25 heavy (non-hydrogen) atoms. The molecule has 1 aromatic rings. The molecule has 0 spiro atoms. The van der Waals surface area contributed by atoms with Crippen molar-refractivity contribution in [2.75, 3.05) is 19.6 Å². The molecule has 0 saturated carbocycles. The Bertz CT molecular complexity index is 537. The number of halogens is 2. The van der Waals surface area contributed by atoms with Crippen LogP contribution in [-0.2, 0) is 11.3 Å². The van der Waals surface area contributed by atoms with Crippen molar-refractivity contribution >= 4 is 30.7 Å². The van der Waals surface area contributed by atoms with Crippen molar-refractivity contribution in [3.63, 3.8) is 0 Å². The Balaban J connectivity index is 0.00000288. The zero-order chi connectivity index (χ0) is 17.0. The first-order valence-corrected chi connectivity index (χ1v) is 8.83. The zero-order valence-electron chi connectivity index (χ0n) is 15.8. The predicted molar refractivity (Wildman–Crippen MR) is 105 cm³/mol. The maximum Gasteiger partial charge on any atom is 0.230 e. The van der Waals surface area contributed by atoms with Gasteiger partial charge in [-0.1, -0.05) is 13.8 Å². The highest BCUT2D eigenvalue weighted by Crippen LogP contribution is 2.30. The number of amides is 1. The lowest BCUT2D eigenvalue weighted by Gasteiger charge is -2.39. The number of nitrogens with zero attached hydrogens (tertiary/aromatic N) is 4. The quantitative estimate of drug-likeness (QED) is 0.805. The molecule has 2 heterocycles. The molecule has 0 aromatic carbocycles. The first kappa shape index (κ1) is 24.1. The second kappa shape index (κ2) is 10.3. The van der Waals surface area contributed by atoms with Crippen molar-refractivity contribution in [3.8, 4) is 0 Å². The fourth-order valence-corrected chi connectivity index (χ4v) is 3.64. The standard InChI is InChI=1S/C17H31N5O.2ClH/c1-5-17(6-2,12-18)16(23)21-9-7-8-15(10-21)11-22-14(4)19-13(3)20-22;;/h15H,5-12,18H2,1-4H3;2*1H. The van der Waals surface area contributed by atoms with Crippen molar-refractivity contribution in [1.29, 1.82) is 0 Å². The van der Waals surface area contributed by atoms with Crippen LogP contribution < -0.4 is 5.73 Å². The van der Waals surface area contributed by atoms with Gasteiger partial charge in [-0.25, -0.2) is 9.67 Å². The zero-order valence-corrected chi connectivity index (χ0v) is 17.5. The number of carbonyl (C=O) groups is 1. The minimum atomic E-state index is -0.387. The van der Waals surface area contributed by atoms with E-state index in [0.29, 0.717) is 12.5 Å². The molecule has 1 unspecified atom stereocenters. The Hall–Kier alpha value is -0.850. The van der Waals surface area contributed by atoms with Crippen LogP contribution in [0.3, 0.4) is 0 Å². The first-order valence-electron chi connectivity index (χ1n) is 8.83. The van der Waals surface area contributed by atoms with Crippen molar-refractivity contribution in [2.45, 2.75) is 59.9 Å². The maximum absolute atomic E-state index is 13.0. The van der Waals surface area contributed by atoms with E-state index in [1.54, 1.807) is 0 Å². The number of hydrogen-bond donors (Lipinski definition) is 1. The number of rotatable bonds is 6. The summed E-state index contributed by atoms with van der Waals surface area (Å²) in [5.41, 5.74) is 5.56. The van der Waals surface area contributed by atoms with Crippen LogP contribution >= 0.6 is 24.8 Å². The fraction of sp³-hybridized carbons (Fsp3) is 0.824. The lowest BCUT2D eigenvalue weighted by Crippen LogP contribution is -2.51. The van der Waals surface area contributed by atoms with E-state index in [2.05, 4.69) is 23.9 Å². The highest BCUT2D eigenvalue weighted by molar-refractivity contribution is 5.85. The summed E-state index contributed by atoms with van der Waals surface area (Å²) in [5, 5.41) is 4.45. The van der Waals surface area contributed by atoms with Crippen molar-refractivity contribution in [1.82, 2.24) is 19.7 Å². The summed E-state index contributed by atoms with van der Waals surface area (Å²) < 4.78 is 1.98. The molecule has 1 fully saturated rings. The summed E-state index contributed by atoms with van der Waals surface area (Å²) in [6.07, 6.45) is 3.80. The van der Waals surface area contributed by atoms with Crippen molar-refractivity contribution in [2.24, 2.45) is 17.1 Å². The van der Waals surface area contributed by atoms with Crippen LogP contribution in [0.25, 0.3) is 0 Å². The van der Waals surface area contributed by atoms with Crippen LogP contribution in [0.15, 0.2) is 0 Å². The van der Waals surface area contributed by atoms with Gasteiger partial charge in [0.15, 0.2) is 0 Å². The third-order valence-electron chi connectivity index (χ3n) is 5.40. The summed E-state index contributed by atoms with van der Waals surface area (Å²) in [7, 11) is 0. The number of aryl methyl sites for hydroxylation is 2. The second-order valence-electron chi connectivity index (χ2n) is 6.84. The SMILES string of the molecule is CCC(CC)(CN)C(=O)N1CCCC(Cn2nc(C)nc2C)C1.Cl.Cl. The van der Waals surface area contributed by atoms with Crippen molar-refractivity contribution < 1.29 is 4.79 Å². The molecule has 1 amide bonds. The highest BCUT2D eigenvalue weighted by Gasteiger charge is 2.38. The lowest BCUT2D eigenvalue weighted by atomic mass is 9.80. The van der Waals surface area contributed by atoms with Gasteiger partial charge in [-0.15, -0.1) is 24.8 Å². The molecule has 2 N–H and O–H groups in total. The molecule has 0 bridgehead atoms. The number of carbonyl (C=O) groups excluding carboxylic acids is 1. The molecule has 6 nitrogen and oxygen atoms in total. The van der Waals surface area contributed by atoms with Crippen molar-refractivity contribution in [3.05, 3.63) is 11.6 Å². The van der Waals surface area contributed by atoms with Crippen LogP contribution in [0.5, 0.6) is 0 Å². The van der Waals surface area contributed by atoms with Gasteiger partial charge in [0.05, 0.1) is 5.41 Å². The monoisotopic (exact) mass is 393 g/mol. The van der Waals surface area contributed by atoms with Gasteiger partial charge in [0, 0.05) is 26.2 Å². The number of hydrogen-bond acceptors (Lipinski definition) is 4. The first-order chi connectivity index (χ1) is 11.0. The molecule has 8 heteroatoms. The Morgan fingerprint density at radius 3 is 2.40 bits per heavy atom. The third-order valence-corrected chi connectivity index (χ3v) is 5.40. The fourth-order valence-electron chi connectivity index (χ4n) is 3.64. The van der Waals surface area contributed by atoms with Gasteiger partial charge in [-0.3, -0.25) is 4.79 Å². The summed E-state index contributed by atoms with van der Waals surface area (Å²) in [5.74, 6) is 2.44. The van der Waals surface area contributed by atoms with Gasteiger partial charge in [0.1, 0.15) is 11.6 Å². The molecular formula is C17H33Cl2N5O. The summed E-state index contributed by atoms with van der Waals surface area (Å²) in [4.78, 5) is 19.4. The van der Waals surface area contributed by atoms with E-state index < -0.39 is 0 Å². The van der Waals surface area contributed by atoms with Crippen LogP contribution in [0, 0.1) is 25.2 Å². The topological polar surface area (TPSA) is 77.0 Å². The van der Waals surface area contributed by atoms with Gasteiger partial charge < -0.3 is 10.6 Å². The largest absolute Gasteiger partial charge is 0.342 e. The number of nitrogens with two attached hydrogens (primary N) is 1. The van der Waals surface area contributed by atoms with E-state index in [1.807, 2.05) is 23.4 Å². The number of likely N-dealkylation sites (tertiary alicyclic amines) is 1. The molecule has 146 valence electrons. The third kappa shape index (κ3) is 5.31. The molecule has 0 radical (unpaired) electrons. The summed E-state index contributed by atoms with van der Waals surface area (Å²) in [6.45, 7) is 11.0. The van der Waals surface area contributed by atoms with Crippen LogP contribution in [0.4, 0.5) is 0 Å². The predicted octanol–water partition coefficient (Wildman–Crippen LogP) is 2.74. The molecule has 1 saturated heterocycles. The second-order valence-corrected chi connectivity index (χ2v) is 6.84. The van der Waals surface area contributed by atoms with E-state index in [-0.39, 0.29) is 36.1 Å². The van der Waals surface area contributed by atoms with Gasteiger partial charge in [-0.2, -0.15) is 5.10 Å². The number of piperidine rings is 1. The van der Waals surface area contributed by atoms with Crippen LogP contribution in [-0.4, -0.2) is 45.2 Å². The molecule has 1 aliphatic heterocycles. The highest BCUT2D eigenvalue weighted by atomic mass is 35.5. The molecular weight excluding hydrogens is 361 g/mol. The normalized spacial score (nSPS) is 17.6. The van der Waals surface area contributed by atoms with Crippen LogP contribution in [0.2, 0.25) is 0 Å². The molecule has 1 aromatic heterocycles.